The summed E-state index contributed by atoms with van der Waals surface area (Å²) in [5.41, 5.74) is 1.83. The summed E-state index contributed by atoms with van der Waals surface area (Å²) in [6.07, 6.45) is -3.54. The molecule has 4 rings (SSSR count). The van der Waals surface area contributed by atoms with Crippen LogP contribution >= 0.6 is 0 Å². The van der Waals surface area contributed by atoms with Crippen molar-refractivity contribution in [1.29, 1.82) is 0 Å². The molecular weight excluding hydrogens is 533 g/mol. The molecule has 0 atom stereocenters. The summed E-state index contributed by atoms with van der Waals surface area (Å²) < 4.78 is 67.4. The zero-order valence-electron chi connectivity index (χ0n) is 20.6. The van der Waals surface area contributed by atoms with Gasteiger partial charge in [-0.15, -0.1) is 13.2 Å². The molecule has 7 nitrogen and oxygen atoms in total. The second kappa shape index (κ2) is 11.2. The molecule has 1 amide bonds. The van der Waals surface area contributed by atoms with Gasteiger partial charge in [-0.25, -0.2) is 8.42 Å². The number of pyridine rings is 1. The molecule has 11 heteroatoms. The molecule has 202 valence electrons. The lowest BCUT2D eigenvalue weighted by atomic mass is 9.94. The van der Waals surface area contributed by atoms with E-state index in [1.165, 1.54) is 54.7 Å². The number of hydrogen-bond donors (Lipinski definition) is 2. The number of carbonyl (C=O) groups excluding carboxylic acids is 1. The van der Waals surface area contributed by atoms with Crippen LogP contribution in [0.2, 0.25) is 0 Å². The Balaban J connectivity index is 1.66. The Morgan fingerprint density at radius 2 is 1.64 bits per heavy atom. The summed E-state index contributed by atoms with van der Waals surface area (Å²) in [5, 5.41) is 2.75. The molecule has 1 aromatic heterocycles. The summed E-state index contributed by atoms with van der Waals surface area (Å²) in [6.45, 7) is 1.55. The number of ether oxygens (including phenoxy) is 1. The fourth-order valence-corrected chi connectivity index (χ4v) is 4.87. The molecule has 0 fully saturated rings. The number of aromatic nitrogens is 1. The molecule has 0 bridgehead atoms. The maximum atomic E-state index is 13.1. The van der Waals surface area contributed by atoms with E-state index in [4.69, 9.17) is 0 Å². The van der Waals surface area contributed by atoms with Crippen molar-refractivity contribution < 1.29 is 31.1 Å². The van der Waals surface area contributed by atoms with Crippen molar-refractivity contribution in [3.05, 3.63) is 101 Å². The summed E-state index contributed by atoms with van der Waals surface area (Å²) in [4.78, 5) is 27.4. The summed E-state index contributed by atoms with van der Waals surface area (Å²) >= 11 is 0. The van der Waals surface area contributed by atoms with Crippen molar-refractivity contribution in [2.45, 2.75) is 24.6 Å². The molecule has 0 aliphatic heterocycles. The molecular formula is C28H23F3N2O5S. The van der Waals surface area contributed by atoms with Crippen LogP contribution in [-0.2, 0) is 21.1 Å². The average molecular weight is 557 g/mol. The van der Waals surface area contributed by atoms with Crippen LogP contribution in [0.15, 0.2) is 94.7 Å². The molecule has 1 heterocycles. The number of halogens is 3. The summed E-state index contributed by atoms with van der Waals surface area (Å²) in [5.74, 6) is -0.849. The van der Waals surface area contributed by atoms with Gasteiger partial charge in [0.15, 0.2) is 9.84 Å². The number of hydrogen-bond acceptors (Lipinski definition) is 5. The lowest BCUT2D eigenvalue weighted by molar-refractivity contribution is -0.274. The Morgan fingerprint density at radius 1 is 0.923 bits per heavy atom. The predicted octanol–water partition coefficient (Wildman–Crippen LogP) is 5.58. The third-order valence-corrected chi connectivity index (χ3v) is 7.57. The third kappa shape index (κ3) is 6.94. The largest absolute Gasteiger partial charge is 0.573 e. The van der Waals surface area contributed by atoms with Crippen molar-refractivity contribution >= 4 is 21.4 Å². The van der Waals surface area contributed by atoms with E-state index in [9.17, 15) is 31.2 Å². The maximum absolute atomic E-state index is 13.1. The number of nitrogens with one attached hydrogen (secondary N) is 2. The average Bonchev–Trinajstić information content (AvgIpc) is 2.88. The van der Waals surface area contributed by atoms with E-state index in [1.54, 1.807) is 37.3 Å². The van der Waals surface area contributed by atoms with Gasteiger partial charge in [0.1, 0.15) is 5.75 Å². The van der Waals surface area contributed by atoms with Gasteiger partial charge in [0, 0.05) is 23.5 Å². The Labute approximate surface area is 222 Å². The van der Waals surface area contributed by atoms with Gasteiger partial charge in [-0.3, -0.25) is 9.59 Å². The van der Waals surface area contributed by atoms with E-state index in [-0.39, 0.29) is 22.6 Å². The van der Waals surface area contributed by atoms with E-state index >= 15 is 0 Å². The monoisotopic (exact) mass is 556 g/mol. The van der Waals surface area contributed by atoms with Gasteiger partial charge in [-0.05, 0) is 58.7 Å². The van der Waals surface area contributed by atoms with E-state index in [1.807, 2.05) is 0 Å². The predicted molar refractivity (Wildman–Crippen MR) is 141 cm³/mol. The van der Waals surface area contributed by atoms with Crippen molar-refractivity contribution in [2.24, 2.45) is 0 Å². The van der Waals surface area contributed by atoms with Gasteiger partial charge in [0.2, 0.25) is 11.5 Å². The first-order valence-corrected chi connectivity index (χ1v) is 13.4. The van der Waals surface area contributed by atoms with Gasteiger partial charge in [0.25, 0.3) is 0 Å². The van der Waals surface area contributed by atoms with Crippen LogP contribution in [0.3, 0.4) is 0 Å². The molecule has 0 aliphatic carbocycles. The van der Waals surface area contributed by atoms with Crippen LogP contribution in [-0.4, -0.2) is 31.4 Å². The second-order valence-corrected chi connectivity index (χ2v) is 10.8. The molecule has 0 saturated heterocycles. The molecule has 0 aliphatic rings. The first-order chi connectivity index (χ1) is 18.4. The van der Waals surface area contributed by atoms with Gasteiger partial charge in [-0.1, -0.05) is 43.3 Å². The van der Waals surface area contributed by atoms with Crippen LogP contribution in [0.1, 0.15) is 12.5 Å². The molecule has 4 aromatic rings. The number of carbonyl (C=O) groups is 1. The normalized spacial score (nSPS) is 11.7. The highest BCUT2D eigenvalue weighted by molar-refractivity contribution is 7.91. The highest BCUT2D eigenvalue weighted by Crippen LogP contribution is 2.40. The number of anilines is 1. The molecule has 0 saturated carbocycles. The number of aromatic amines is 1. The molecule has 2 N–H and O–H groups in total. The number of sulfone groups is 1. The maximum Gasteiger partial charge on any atom is 0.573 e. The van der Waals surface area contributed by atoms with Gasteiger partial charge in [-0.2, -0.15) is 0 Å². The van der Waals surface area contributed by atoms with Gasteiger partial charge >= 0.3 is 6.36 Å². The lowest BCUT2D eigenvalue weighted by Crippen LogP contribution is -2.17. The first-order valence-electron chi connectivity index (χ1n) is 11.7. The van der Waals surface area contributed by atoms with Crippen LogP contribution in [0.4, 0.5) is 18.9 Å². The fraction of sp³-hybridized carbons (Fsp3) is 0.143. The minimum absolute atomic E-state index is 0.0365. The van der Waals surface area contributed by atoms with E-state index in [0.717, 1.165) is 0 Å². The zero-order valence-corrected chi connectivity index (χ0v) is 21.4. The second-order valence-electron chi connectivity index (χ2n) is 8.52. The zero-order chi connectivity index (χ0) is 28.2. The molecule has 0 unspecified atom stereocenters. The smallest absolute Gasteiger partial charge is 0.405 e. The SMILES string of the molecule is CCS(=O)(=O)c1ccc(CC(=O)Nc2ccc(-c3ccccc3OC(F)(F)F)c(-c3cc[nH]c(=O)c3)c2)cc1. The number of amides is 1. The van der Waals surface area contributed by atoms with Crippen molar-refractivity contribution in [1.82, 2.24) is 4.98 Å². The Bertz CT molecular complexity index is 1660. The van der Waals surface area contributed by atoms with Crippen LogP contribution in [0.25, 0.3) is 22.3 Å². The van der Waals surface area contributed by atoms with Crippen LogP contribution < -0.4 is 15.6 Å². The molecule has 0 radical (unpaired) electrons. The number of alkyl halides is 3. The Kier molecular flexibility index (Phi) is 7.91. The first kappa shape index (κ1) is 27.6. The number of rotatable bonds is 8. The van der Waals surface area contributed by atoms with Crippen LogP contribution in [0.5, 0.6) is 5.75 Å². The molecule has 39 heavy (non-hydrogen) atoms. The Hall–Kier alpha value is -4.38. The van der Waals surface area contributed by atoms with E-state index < -0.39 is 33.4 Å². The van der Waals surface area contributed by atoms with E-state index in [0.29, 0.717) is 27.9 Å². The minimum atomic E-state index is -4.91. The van der Waals surface area contributed by atoms with Crippen molar-refractivity contribution in [3.8, 4) is 28.0 Å². The number of para-hydroxylation sites is 1. The topological polar surface area (TPSA) is 105 Å². The van der Waals surface area contributed by atoms with E-state index in [2.05, 4.69) is 15.0 Å². The lowest BCUT2D eigenvalue weighted by Gasteiger charge is -2.17. The Morgan fingerprint density at radius 3 is 2.31 bits per heavy atom. The van der Waals surface area contributed by atoms with Gasteiger partial charge < -0.3 is 15.0 Å². The highest BCUT2D eigenvalue weighted by atomic mass is 32.2. The van der Waals surface area contributed by atoms with Crippen molar-refractivity contribution in [3.63, 3.8) is 0 Å². The van der Waals surface area contributed by atoms with Crippen LogP contribution in [0, 0.1) is 0 Å². The fourth-order valence-electron chi connectivity index (χ4n) is 3.98. The third-order valence-electron chi connectivity index (χ3n) is 5.82. The summed E-state index contributed by atoms with van der Waals surface area (Å²) in [7, 11) is -3.36. The van der Waals surface area contributed by atoms with Crippen molar-refractivity contribution in [2.75, 3.05) is 11.1 Å². The highest BCUT2D eigenvalue weighted by Gasteiger charge is 2.32. The summed E-state index contributed by atoms with van der Waals surface area (Å²) in [6, 6.07) is 19.2. The number of benzene rings is 3. The molecule has 0 spiro atoms. The molecule has 3 aromatic carbocycles. The minimum Gasteiger partial charge on any atom is -0.405 e. The van der Waals surface area contributed by atoms with Gasteiger partial charge in [0.05, 0.1) is 17.1 Å². The number of H-pyrrole nitrogens is 1. The quantitative estimate of drug-likeness (QED) is 0.295. The standard InChI is InChI=1S/C28H23F3N2O5S/c1-2-39(36,37)21-10-7-18(8-11-21)15-27(35)33-20-9-12-22(24(17-20)19-13-14-32-26(34)16-19)23-5-3-4-6-25(23)38-28(29,30)31/h3-14,16-17H,2,15H2,1H3,(H,32,34)(H,33,35).